The van der Waals surface area contributed by atoms with Gasteiger partial charge in [-0.3, -0.25) is 10.1 Å². The summed E-state index contributed by atoms with van der Waals surface area (Å²) in [6.45, 7) is 5.25. The van der Waals surface area contributed by atoms with Crippen molar-refractivity contribution in [3.63, 3.8) is 0 Å². The number of nitrogens with zero attached hydrogens (tertiary/aromatic N) is 1. The van der Waals surface area contributed by atoms with Crippen molar-refractivity contribution in [1.29, 1.82) is 0 Å². The summed E-state index contributed by atoms with van der Waals surface area (Å²) < 4.78 is 5.04. The number of hydrogen-bond acceptors (Lipinski definition) is 4. The fourth-order valence-electron chi connectivity index (χ4n) is 2.84. The quantitative estimate of drug-likeness (QED) is 0.615. The summed E-state index contributed by atoms with van der Waals surface area (Å²) in [5.41, 5.74) is 1.33. The first-order valence-electron chi connectivity index (χ1n) is 7.07. The van der Waals surface area contributed by atoms with Crippen LogP contribution in [-0.2, 0) is 6.42 Å². The first kappa shape index (κ1) is 14.8. The summed E-state index contributed by atoms with van der Waals surface area (Å²) in [4.78, 5) is 10.7. The van der Waals surface area contributed by atoms with E-state index < -0.39 is 0 Å². The molecule has 0 saturated heterocycles. The van der Waals surface area contributed by atoms with Gasteiger partial charge in [-0.25, -0.2) is 0 Å². The molecular weight excluding hydrogens is 256 g/mol. The Balaban J connectivity index is 2.18. The third-order valence-corrected chi connectivity index (χ3v) is 4.32. The lowest BCUT2D eigenvalue weighted by Crippen LogP contribution is -2.35. The molecule has 1 aliphatic rings. The third-order valence-electron chi connectivity index (χ3n) is 4.32. The summed E-state index contributed by atoms with van der Waals surface area (Å²) in [6, 6.07) is 5.72. The Hall–Kier alpha value is -1.62. The van der Waals surface area contributed by atoms with Crippen molar-refractivity contribution >= 4 is 5.69 Å². The highest BCUT2D eigenvalue weighted by atomic mass is 16.6. The minimum atomic E-state index is -0.379. The molecule has 2 rings (SSSR count). The van der Waals surface area contributed by atoms with Crippen LogP contribution in [0.1, 0.15) is 32.3 Å². The Bertz CT molecular complexity index is 498. The van der Waals surface area contributed by atoms with Gasteiger partial charge in [0.15, 0.2) is 5.75 Å². The Morgan fingerprint density at radius 1 is 1.50 bits per heavy atom. The Labute approximate surface area is 119 Å². The highest BCUT2D eigenvalue weighted by Gasteiger charge is 2.46. The standard InChI is InChI=1S/C15H22N2O3/c1-4-16-11(2)15(7-8-15)10-12-5-6-14(20-3)13(9-12)17(18)19/h5-6,9,11,16H,4,7-8,10H2,1-3H3. The van der Waals surface area contributed by atoms with Crippen molar-refractivity contribution in [2.45, 2.75) is 39.2 Å². The molecule has 5 heteroatoms. The predicted octanol–water partition coefficient (Wildman–Crippen LogP) is 2.92. The van der Waals surface area contributed by atoms with Gasteiger partial charge < -0.3 is 10.1 Å². The SMILES string of the molecule is CCNC(C)C1(Cc2ccc(OC)c([N+](=O)[O-])c2)CC1. The molecule has 0 aromatic heterocycles. The van der Waals surface area contributed by atoms with Gasteiger partial charge in [0.25, 0.3) is 0 Å². The van der Waals surface area contributed by atoms with Gasteiger partial charge in [-0.2, -0.15) is 0 Å². The second-order valence-electron chi connectivity index (χ2n) is 5.58. The molecule has 5 nitrogen and oxygen atoms in total. The van der Waals surface area contributed by atoms with Gasteiger partial charge in [-0.05, 0) is 49.8 Å². The van der Waals surface area contributed by atoms with Crippen LogP contribution in [0.2, 0.25) is 0 Å². The minimum Gasteiger partial charge on any atom is -0.490 e. The van der Waals surface area contributed by atoms with E-state index in [1.165, 1.54) is 20.0 Å². The molecule has 1 aliphatic carbocycles. The van der Waals surface area contributed by atoms with E-state index >= 15 is 0 Å². The largest absolute Gasteiger partial charge is 0.490 e. The second kappa shape index (κ2) is 5.79. The van der Waals surface area contributed by atoms with Crippen LogP contribution in [0.3, 0.4) is 0 Å². The van der Waals surface area contributed by atoms with Crippen molar-refractivity contribution in [2.75, 3.05) is 13.7 Å². The maximum atomic E-state index is 11.1. The van der Waals surface area contributed by atoms with Gasteiger partial charge in [0.1, 0.15) is 0 Å². The highest BCUT2D eigenvalue weighted by molar-refractivity contribution is 5.49. The predicted molar refractivity (Wildman–Crippen MR) is 78.2 cm³/mol. The van der Waals surface area contributed by atoms with Gasteiger partial charge in [-0.1, -0.05) is 13.0 Å². The molecule has 20 heavy (non-hydrogen) atoms. The number of nitro benzene ring substituents is 1. The zero-order valence-corrected chi connectivity index (χ0v) is 12.3. The van der Waals surface area contributed by atoms with E-state index in [0.717, 1.165) is 18.5 Å². The first-order valence-corrected chi connectivity index (χ1v) is 7.07. The molecule has 1 aromatic rings. The van der Waals surface area contributed by atoms with E-state index in [2.05, 4.69) is 19.2 Å². The minimum absolute atomic E-state index is 0.0527. The third kappa shape index (κ3) is 2.93. The lowest BCUT2D eigenvalue weighted by molar-refractivity contribution is -0.385. The average Bonchev–Trinajstić information content (AvgIpc) is 3.20. The molecule has 1 unspecified atom stereocenters. The number of benzene rings is 1. The number of methoxy groups -OCH3 is 1. The number of hydrogen-bond donors (Lipinski definition) is 1. The van der Waals surface area contributed by atoms with E-state index in [1.807, 2.05) is 6.07 Å². The summed E-state index contributed by atoms with van der Waals surface area (Å²) in [7, 11) is 1.46. The lowest BCUT2D eigenvalue weighted by Gasteiger charge is -2.24. The van der Waals surface area contributed by atoms with Crippen LogP contribution in [0.4, 0.5) is 5.69 Å². The van der Waals surface area contributed by atoms with E-state index in [1.54, 1.807) is 12.1 Å². The van der Waals surface area contributed by atoms with Gasteiger partial charge in [0.05, 0.1) is 12.0 Å². The monoisotopic (exact) mass is 278 g/mol. The van der Waals surface area contributed by atoms with Crippen LogP contribution in [0.15, 0.2) is 18.2 Å². The summed E-state index contributed by atoms with van der Waals surface area (Å²) >= 11 is 0. The van der Waals surface area contributed by atoms with Crippen LogP contribution in [0, 0.1) is 15.5 Å². The van der Waals surface area contributed by atoms with Crippen molar-refractivity contribution in [3.8, 4) is 5.75 Å². The second-order valence-corrected chi connectivity index (χ2v) is 5.58. The maximum Gasteiger partial charge on any atom is 0.311 e. The van der Waals surface area contributed by atoms with E-state index in [0.29, 0.717) is 11.8 Å². The zero-order valence-electron chi connectivity index (χ0n) is 12.3. The smallest absolute Gasteiger partial charge is 0.311 e. The van der Waals surface area contributed by atoms with Crippen LogP contribution in [0.25, 0.3) is 0 Å². The topological polar surface area (TPSA) is 64.4 Å². The van der Waals surface area contributed by atoms with Crippen LogP contribution in [-0.4, -0.2) is 24.6 Å². The maximum absolute atomic E-state index is 11.1. The van der Waals surface area contributed by atoms with Gasteiger partial charge >= 0.3 is 5.69 Å². The fraction of sp³-hybridized carbons (Fsp3) is 0.600. The molecule has 0 heterocycles. The summed E-state index contributed by atoms with van der Waals surface area (Å²) in [6.07, 6.45) is 3.24. The first-order chi connectivity index (χ1) is 9.52. The van der Waals surface area contributed by atoms with E-state index in [9.17, 15) is 10.1 Å². The summed E-state index contributed by atoms with van der Waals surface area (Å²) in [5.74, 6) is 0.323. The van der Waals surface area contributed by atoms with Crippen molar-refractivity contribution < 1.29 is 9.66 Å². The van der Waals surface area contributed by atoms with Gasteiger partial charge in [0, 0.05) is 12.1 Å². The molecular formula is C15H22N2O3. The number of rotatable bonds is 7. The fourth-order valence-corrected chi connectivity index (χ4v) is 2.84. The highest BCUT2D eigenvalue weighted by Crippen LogP contribution is 2.51. The lowest BCUT2D eigenvalue weighted by atomic mass is 9.89. The molecule has 0 radical (unpaired) electrons. The van der Waals surface area contributed by atoms with Gasteiger partial charge in [-0.15, -0.1) is 0 Å². The Morgan fingerprint density at radius 3 is 2.70 bits per heavy atom. The molecule has 110 valence electrons. The average molecular weight is 278 g/mol. The normalized spacial score (nSPS) is 17.6. The van der Waals surface area contributed by atoms with Crippen molar-refractivity contribution in [3.05, 3.63) is 33.9 Å². The zero-order chi connectivity index (χ0) is 14.8. The van der Waals surface area contributed by atoms with Crippen molar-refractivity contribution in [2.24, 2.45) is 5.41 Å². The molecule has 0 spiro atoms. The molecule has 1 N–H and O–H groups in total. The van der Waals surface area contributed by atoms with Crippen LogP contribution >= 0.6 is 0 Å². The summed E-state index contributed by atoms with van der Waals surface area (Å²) in [5, 5.41) is 14.5. The Morgan fingerprint density at radius 2 is 2.20 bits per heavy atom. The molecule has 1 atom stereocenters. The number of nitro groups is 1. The molecule has 1 aromatic carbocycles. The molecule has 1 saturated carbocycles. The molecule has 0 aliphatic heterocycles. The van der Waals surface area contributed by atoms with Crippen molar-refractivity contribution in [1.82, 2.24) is 5.32 Å². The number of nitrogens with one attached hydrogen (secondary N) is 1. The number of ether oxygens (including phenoxy) is 1. The van der Waals surface area contributed by atoms with Crippen LogP contribution in [0.5, 0.6) is 5.75 Å². The van der Waals surface area contributed by atoms with E-state index in [-0.39, 0.29) is 16.0 Å². The molecule has 0 amide bonds. The van der Waals surface area contributed by atoms with Gasteiger partial charge in [0.2, 0.25) is 0 Å². The molecule has 0 bridgehead atoms. The Kier molecular flexibility index (Phi) is 4.28. The van der Waals surface area contributed by atoms with Crippen LogP contribution < -0.4 is 10.1 Å². The molecule has 1 fully saturated rings. The van der Waals surface area contributed by atoms with E-state index in [4.69, 9.17) is 4.74 Å².